The van der Waals surface area contributed by atoms with Gasteiger partial charge in [0.05, 0.1) is 6.61 Å². The van der Waals surface area contributed by atoms with E-state index in [1.807, 2.05) is 11.8 Å². The minimum Gasteiger partial charge on any atom is -0.395 e. The van der Waals surface area contributed by atoms with Crippen LogP contribution in [0.15, 0.2) is 23.1 Å². The molecule has 102 valence electrons. The van der Waals surface area contributed by atoms with Gasteiger partial charge in [-0.15, -0.1) is 11.8 Å². The minimum atomic E-state index is 0.212. The van der Waals surface area contributed by atoms with E-state index >= 15 is 0 Å². The first-order chi connectivity index (χ1) is 8.52. The molecule has 0 fully saturated rings. The van der Waals surface area contributed by atoms with E-state index in [1.165, 1.54) is 16.0 Å². The predicted molar refractivity (Wildman–Crippen MR) is 80.4 cm³/mol. The Kier molecular flexibility index (Phi) is 6.76. The third-order valence-electron chi connectivity index (χ3n) is 3.00. The summed E-state index contributed by atoms with van der Waals surface area (Å²) in [5.41, 5.74) is 2.69. The molecule has 0 amide bonds. The summed E-state index contributed by atoms with van der Waals surface area (Å²) in [5, 5.41) is 12.7. The fourth-order valence-electron chi connectivity index (χ4n) is 1.82. The van der Waals surface area contributed by atoms with E-state index < -0.39 is 0 Å². The Morgan fingerprint density at radius 1 is 1.22 bits per heavy atom. The molecule has 0 bridgehead atoms. The fourth-order valence-corrected chi connectivity index (χ4v) is 2.88. The highest BCUT2D eigenvalue weighted by molar-refractivity contribution is 7.99. The van der Waals surface area contributed by atoms with Crippen LogP contribution in [0.1, 0.15) is 31.4 Å². The second-order valence-electron chi connectivity index (χ2n) is 5.08. The Labute approximate surface area is 115 Å². The van der Waals surface area contributed by atoms with Gasteiger partial charge in [0.2, 0.25) is 0 Å². The highest BCUT2D eigenvalue weighted by atomic mass is 32.2. The van der Waals surface area contributed by atoms with E-state index in [9.17, 15) is 5.11 Å². The molecule has 2 nitrogen and oxygen atoms in total. The van der Waals surface area contributed by atoms with Crippen LogP contribution in [0.4, 0.5) is 0 Å². The Morgan fingerprint density at radius 3 is 2.50 bits per heavy atom. The molecule has 0 saturated carbocycles. The summed E-state index contributed by atoms with van der Waals surface area (Å²) in [6, 6.07) is 7.23. The van der Waals surface area contributed by atoms with Gasteiger partial charge >= 0.3 is 0 Å². The van der Waals surface area contributed by atoms with E-state index in [4.69, 9.17) is 0 Å². The van der Waals surface area contributed by atoms with Gasteiger partial charge < -0.3 is 10.4 Å². The standard InChI is InChI=1S/C15H25NOS/c1-11(2)16-14(10-17)7-8-18-15-6-5-12(3)13(4)9-15/h5-6,9,11,14,16-17H,7-8,10H2,1-4H3. The lowest BCUT2D eigenvalue weighted by atomic mass is 10.1. The summed E-state index contributed by atoms with van der Waals surface area (Å²) >= 11 is 1.86. The normalized spacial score (nSPS) is 13.0. The van der Waals surface area contributed by atoms with Gasteiger partial charge in [0.15, 0.2) is 0 Å². The van der Waals surface area contributed by atoms with Crippen molar-refractivity contribution in [3.05, 3.63) is 29.3 Å². The largest absolute Gasteiger partial charge is 0.395 e. The van der Waals surface area contributed by atoms with Crippen LogP contribution in [0.2, 0.25) is 0 Å². The summed E-state index contributed by atoms with van der Waals surface area (Å²) in [6.45, 7) is 8.72. The van der Waals surface area contributed by atoms with E-state index in [-0.39, 0.29) is 12.6 Å². The maximum Gasteiger partial charge on any atom is 0.0585 e. The van der Waals surface area contributed by atoms with Crippen molar-refractivity contribution >= 4 is 11.8 Å². The van der Waals surface area contributed by atoms with Crippen molar-refractivity contribution in [1.82, 2.24) is 5.32 Å². The fraction of sp³-hybridized carbons (Fsp3) is 0.600. The summed E-state index contributed by atoms with van der Waals surface area (Å²) in [4.78, 5) is 1.32. The maximum absolute atomic E-state index is 9.28. The minimum absolute atomic E-state index is 0.212. The lowest BCUT2D eigenvalue weighted by Gasteiger charge is -2.18. The Hall–Kier alpha value is -0.510. The molecule has 1 aromatic rings. The predicted octanol–water partition coefficient (Wildman–Crippen LogP) is 3.14. The quantitative estimate of drug-likeness (QED) is 0.744. The van der Waals surface area contributed by atoms with Gasteiger partial charge in [-0.25, -0.2) is 0 Å². The molecule has 0 saturated heterocycles. The Morgan fingerprint density at radius 2 is 1.94 bits per heavy atom. The van der Waals surface area contributed by atoms with Gasteiger partial charge in [-0.2, -0.15) is 0 Å². The van der Waals surface area contributed by atoms with Crippen molar-refractivity contribution in [3.8, 4) is 0 Å². The molecule has 1 rings (SSSR count). The monoisotopic (exact) mass is 267 g/mol. The third kappa shape index (κ3) is 5.42. The molecule has 1 aromatic carbocycles. The number of benzene rings is 1. The molecule has 18 heavy (non-hydrogen) atoms. The van der Waals surface area contributed by atoms with Crippen molar-refractivity contribution in [2.24, 2.45) is 0 Å². The lowest BCUT2D eigenvalue weighted by Crippen LogP contribution is -2.37. The van der Waals surface area contributed by atoms with E-state index in [2.05, 4.69) is 51.2 Å². The molecule has 1 atom stereocenters. The number of thioether (sulfide) groups is 1. The van der Waals surface area contributed by atoms with Gasteiger partial charge in [0, 0.05) is 17.0 Å². The first kappa shape index (κ1) is 15.5. The molecule has 3 heteroatoms. The zero-order valence-corrected chi connectivity index (χ0v) is 12.7. The van der Waals surface area contributed by atoms with Crippen molar-refractivity contribution in [1.29, 1.82) is 0 Å². The molecule has 0 radical (unpaired) electrons. The van der Waals surface area contributed by atoms with Crippen LogP contribution in [0, 0.1) is 13.8 Å². The molecule has 0 spiro atoms. The summed E-state index contributed by atoms with van der Waals surface area (Å²) < 4.78 is 0. The maximum atomic E-state index is 9.28. The Balaban J connectivity index is 2.38. The number of hydrogen-bond acceptors (Lipinski definition) is 3. The molecular weight excluding hydrogens is 242 g/mol. The van der Waals surface area contributed by atoms with Crippen LogP contribution >= 0.6 is 11.8 Å². The molecule has 2 N–H and O–H groups in total. The van der Waals surface area contributed by atoms with Crippen molar-refractivity contribution < 1.29 is 5.11 Å². The molecular formula is C15H25NOS. The van der Waals surface area contributed by atoms with Crippen molar-refractivity contribution in [2.75, 3.05) is 12.4 Å². The highest BCUT2D eigenvalue weighted by Crippen LogP contribution is 2.22. The van der Waals surface area contributed by atoms with E-state index in [0.29, 0.717) is 6.04 Å². The molecule has 0 aromatic heterocycles. The van der Waals surface area contributed by atoms with Crippen LogP contribution in [0.5, 0.6) is 0 Å². The number of aliphatic hydroxyl groups excluding tert-OH is 1. The molecule has 0 aliphatic carbocycles. The first-order valence-corrected chi connectivity index (χ1v) is 7.58. The van der Waals surface area contributed by atoms with Gasteiger partial charge in [0.25, 0.3) is 0 Å². The average molecular weight is 267 g/mol. The number of aryl methyl sites for hydroxylation is 2. The molecule has 0 heterocycles. The second-order valence-corrected chi connectivity index (χ2v) is 6.25. The molecule has 1 unspecified atom stereocenters. The van der Waals surface area contributed by atoms with Crippen LogP contribution in [0.3, 0.4) is 0 Å². The Bertz CT molecular complexity index is 366. The first-order valence-electron chi connectivity index (χ1n) is 6.60. The van der Waals surface area contributed by atoms with Gasteiger partial charge in [-0.1, -0.05) is 19.9 Å². The number of hydrogen-bond donors (Lipinski definition) is 2. The number of nitrogens with one attached hydrogen (secondary N) is 1. The van der Waals surface area contributed by atoms with Crippen LogP contribution in [0.25, 0.3) is 0 Å². The number of rotatable bonds is 7. The summed E-state index contributed by atoms with van der Waals surface area (Å²) in [6.07, 6.45) is 0.992. The molecule has 0 aliphatic heterocycles. The average Bonchev–Trinajstić information content (AvgIpc) is 2.32. The van der Waals surface area contributed by atoms with E-state index in [1.54, 1.807) is 0 Å². The van der Waals surface area contributed by atoms with Crippen LogP contribution < -0.4 is 5.32 Å². The third-order valence-corrected chi connectivity index (χ3v) is 4.03. The van der Waals surface area contributed by atoms with Crippen molar-refractivity contribution in [3.63, 3.8) is 0 Å². The SMILES string of the molecule is Cc1ccc(SCCC(CO)NC(C)C)cc1C. The van der Waals surface area contributed by atoms with Gasteiger partial charge in [-0.3, -0.25) is 0 Å². The van der Waals surface area contributed by atoms with Crippen LogP contribution in [-0.4, -0.2) is 29.5 Å². The lowest BCUT2D eigenvalue weighted by molar-refractivity contribution is 0.232. The zero-order valence-electron chi connectivity index (χ0n) is 11.9. The molecule has 0 aliphatic rings. The number of aliphatic hydroxyl groups is 1. The van der Waals surface area contributed by atoms with Crippen molar-refractivity contribution in [2.45, 2.75) is 51.1 Å². The van der Waals surface area contributed by atoms with E-state index in [0.717, 1.165) is 12.2 Å². The van der Waals surface area contributed by atoms with Gasteiger partial charge in [-0.05, 0) is 49.3 Å². The topological polar surface area (TPSA) is 32.3 Å². The second kappa shape index (κ2) is 7.82. The van der Waals surface area contributed by atoms with Gasteiger partial charge in [0.1, 0.15) is 0 Å². The zero-order chi connectivity index (χ0) is 13.5. The summed E-state index contributed by atoms with van der Waals surface area (Å²) in [5.74, 6) is 1.04. The summed E-state index contributed by atoms with van der Waals surface area (Å²) in [7, 11) is 0. The smallest absolute Gasteiger partial charge is 0.0585 e. The van der Waals surface area contributed by atoms with Crippen LogP contribution in [-0.2, 0) is 0 Å². The highest BCUT2D eigenvalue weighted by Gasteiger charge is 2.08.